The van der Waals surface area contributed by atoms with E-state index in [0.717, 1.165) is 11.1 Å². The SMILES string of the molecule is CC(c1cccc(-c2ccc(Cl)c(C(N)=O)c2)c1)N(C)C. The molecule has 0 saturated carbocycles. The molecule has 0 bridgehead atoms. The molecule has 0 heterocycles. The number of carbonyl (C=O) groups is 1. The number of rotatable bonds is 4. The van der Waals surface area contributed by atoms with Crippen LogP contribution in [0, 0.1) is 0 Å². The molecule has 2 N–H and O–H groups in total. The molecule has 0 saturated heterocycles. The van der Waals surface area contributed by atoms with Crippen LogP contribution in [0.2, 0.25) is 5.02 Å². The number of carbonyl (C=O) groups excluding carboxylic acids is 1. The third-order valence-corrected chi connectivity index (χ3v) is 4.04. The summed E-state index contributed by atoms with van der Waals surface area (Å²) in [6, 6.07) is 13.9. The van der Waals surface area contributed by atoms with Gasteiger partial charge in [-0.3, -0.25) is 4.79 Å². The van der Waals surface area contributed by atoms with Crippen LogP contribution in [0.1, 0.15) is 28.9 Å². The molecular weight excluding hydrogens is 284 g/mol. The topological polar surface area (TPSA) is 46.3 Å². The molecule has 0 radical (unpaired) electrons. The van der Waals surface area contributed by atoms with E-state index in [9.17, 15) is 4.79 Å². The Morgan fingerprint density at radius 3 is 2.43 bits per heavy atom. The Labute approximate surface area is 130 Å². The van der Waals surface area contributed by atoms with Gasteiger partial charge in [0.25, 0.3) is 0 Å². The van der Waals surface area contributed by atoms with Crippen LogP contribution in [0.5, 0.6) is 0 Å². The fraction of sp³-hybridized carbons (Fsp3) is 0.235. The van der Waals surface area contributed by atoms with Crippen molar-refractivity contribution < 1.29 is 4.79 Å². The van der Waals surface area contributed by atoms with E-state index in [1.165, 1.54) is 5.56 Å². The zero-order chi connectivity index (χ0) is 15.6. The fourth-order valence-corrected chi connectivity index (χ4v) is 2.38. The van der Waals surface area contributed by atoms with Gasteiger partial charge in [-0.05, 0) is 55.9 Å². The molecule has 1 atom stereocenters. The molecule has 110 valence electrons. The van der Waals surface area contributed by atoms with E-state index >= 15 is 0 Å². The fourth-order valence-electron chi connectivity index (χ4n) is 2.17. The number of benzene rings is 2. The Morgan fingerprint density at radius 2 is 1.81 bits per heavy atom. The Balaban J connectivity index is 2.45. The lowest BCUT2D eigenvalue weighted by atomic mass is 9.98. The van der Waals surface area contributed by atoms with Gasteiger partial charge in [-0.25, -0.2) is 0 Å². The van der Waals surface area contributed by atoms with Crippen LogP contribution in [0.3, 0.4) is 0 Å². The number of nitrogens with two attached hydrogens (primary N) is 1. The molecule has 0 spiro atoms. The highest BCUT2D eigenvalue weighted by Crippen LogP contribution is 2.28. The van der Waals surface area contributed by atoms with E-state index in [-0.39, 0.29) is 0 Å². The van der Waals surface area contributed by atoms with Gasteiger partial charge in [0, 0.05) is 6.04 Å². The Hall–Kier alpha value is -1.84. The summed E-state index contributed by atoms with van der Waals surface area (Å²) in [6.45, 7) is 2.15. The highest BCUT2D eigenvalue weighted by molar-refractivity contribution is 6.33. The van der Waals surface area contributed by atoms with Crippen molar-refractivity contribution in [2.75, 3.05) is 14.1 Å². The summed E-state index contributed by atoms with van der Waals surface area (Å²) in [4.78, 5) is 13.5. The molecule has 2 aromatic carbocycles. The summed E-state index contributed by atoms with van der Waals surface area (Å²) in [7, 11) is 4.09. The van der Waals surface area contributed by atoms with E-state index in [0.29, 0.717) is 16.6 Å². The summed E-state index contributed by atoms with van der Waals surface area (Å²) in [5.41, 5.74) is 8.89. The third-order valence-electron chi connectivity index (χ3n) is 3.71. The molecule has 0 aliphatic carbocycles. The molecule has 3 nitrogen and oxygen atoms in total. The van der Waals surface area contributed by atoms with Crippen molar-refractivity contribution in [1.29, 1.82) is 0 Å². The number of hydrogen-bond acceptors (Lipinski definition) is 2. The second-order valence-corrected chi connectivity index (χ2v) is 5.73. The average molecular weight is 303 g/mol. The maximum Gasteiger partial charge on any atom is 0.250 e. The third kappa shape index (κ3) is 3.43. The van der Waals surface area contributed by atoms with Crippen LogP contribution in [0.25, 0.3) is 11.1 Å². The van der Waals surface area contributed by atoms with Gasteiger partial charge >= 0.3 is 0 Å². The Morgan fingerprint density at radius 1 is 1.14 bits per heavy atom. The van der Waals surface area contributed by atoms with Crippen LogP contribution < -0.4 is 5.73 Å². The first-order valence-corrected chi connectivity index (χ1v) is 7.14. The molecule has 4 heteroatoms. The van der Waals surface area contributed by atoms with Gasteiger partial charge in [-0.1, -0.05) is 35.9 Å². The first-order chi connectivity index (χ1) is 9.90. The summed E-state index contributed by atoms with van der Waals surface area (Å²) in [5.74, 6) is -0.514. The molecule has 0 aliphatic rings. The molecule has 0 fully saturated rings. The van der Waals surface area contributed by atoms with Crippen molar-refractivity contribution in [3.63, 3.8) is 0 Å². The summed E-state index contributed by atoms with van der Waals surface area (Å²) >= 11 is 5.99. The van der Waals surface area contributed by atoms with Gasteiger partial charge in [0.15, 0.2) is 0 Å². The van der Waals surface area contributed by atoms with Gasteiger partial charge in [-0.15, -0.1) is 0 Å². The monoisotopic (exact) mass is 302 g/mol. The maximum atomic E-state index is 11.4. The number of hydrogen-bond donors (Lipinski definition) is 1. The van der Waals surface area contributed by atoms with Crippen LogP contribution >= 0.6 is 11.6 Å². The van der Waals surface area contributed by atoms with Gasteiger partial charge in [0.1, 0.15) is 0 Å². The van der Waals surface area contributed by atoms with E-state index < -0.39 is 5.91 Å². The Bertz CT molecular complexity index is 668. The van der Waals surface area contributed by atoms with Crippen LogP contribution in [-0.4, -0.2) is 24.9 Å². The van der Waals surface area contributed by atoms with Crippen molar-refractivity contribution in [2.45, 2.75) is 13.0 Å². The maximum absolute atomic E-state index is 11.4. The zero-order valence-electron chi connectivity index (χ0n) is 12.4. The number of halogens is 1. The van der Waals surface area contributed by atoms with Crippen molar-refractivity contribution in [1.82, 2.24) is 4.90 Å². The minimum absolute atomic E-state index is 0.313. The van der Waals surface area contributed by atoms with Crippen molar-refractivity contribution in [2.24, 2.45) is 5.73 Å². The minimum atomic E-state index is -0.514. The largest absolute Gasteiger partial charge is 0.366 e. The molecule has 1 unspecified atom stereocenters. The minimum Gasteiger partial charge on any atom is -0.366 e. The molecule has 2 aromatic rings. The predicted molar refractivity (Wildman–Crippen MR) is 87.5 cm³/mol. The van der Waals surface area contributed by atoms with E-state index in [2.05, 4.69) is 24.0 Å². The van der Waals surface area contributed by atoms with Crippen molar-refractivity contribution in [3.8, 4) is 11.1 Å². The zero-order valence-corrected chi connectivity index (χ0v) is 13.2. The number of primary amides is 1. The van der Waals surface area contributed by atoms with Crippen molar-refractivity contribution >= 4 is 17.5 Å². The quantitative estimate of drug-likeness (QED) is 0.935. The van der Waals surface area contributed by atoms with Gasteiger partial charge in [0.05, 0.1) is 10.6 Å². The lowest BCUT2D eigenvalue weighted by Gasteiger charge is -2.20. The van der Waals surface area contributed by atoms with Gasteiger partial charge in [0.2, 0.25) is 5.91 Å². The lowest BCUT2D eigenvalue weighted by molar-refractivity contribution is 0.100. The van der Waals surface area contributed by atoms with E-state index in [1.807, 2.05) is 32.3 Å². The number of amides is 1. The van der Waals surface area contributed by atoms with Crippen LogP contribution in [0.4, 0.5) is 0 Å². The molecule has 0 aliphatic heterocycles. The molecule has 0 aromatic heterocycles. The first-order valence-electron chi connectivity index (χ1n) is 6.76. The second kappa shape index (κ2) is 6.29. The second-order valence-electron chi connectivity index (χ2n) is 5.32. The van der Waals surface area contributed by atoms with E-state index in [4.69, 9.17) is 17.3 Å². The predicted octanol–water partition coefficient (Wildman–Crippen LogP) is 3.73. The smallest absolute Gasteiger partial charge is 0.250 e. The van der Waals surface area contributed by atoms with Gasteiger partial charge in [-0.2, -0.15) is 0 Å². The average Bonchev–Trinajstić information content (AvgIpc) is 2.46. The first kappa shape index (κ1) is 15.5. The van der Waals surface area contributed by atoms with E-state index in [1.54, 1.807) is 12.1 Å². The van der Waals surface area contributed by atoms with Crippen molar-refractivity contribution in [3.05, 3.63) is 58.6 Å². The van der Waals surface area contributed by atoms with Gasteiger partial charge < -0.3 is 10.6 Å². The summed E-state index contributed by atoms with van der Waals surface area (Å²) in [6.07, 6.45) is 0. The number of nitrogens with zero attached hydrogens (tertiary/aromatic N) is 1. The summed E-state index contributed by atoms with van der Waals surface area (Å²) < 4.78 is 0. The molecule has 21 heavy (non-hydrogen) atoms. The lowest BCUT2D eigenvalue weighted by Crippen LogP contribution is -2.16. The Kier molecular flexibility index (Phi) is 4.66. The highest BCUT2D eigenvalue weighted by Gasteiger charge is 2.11. The molecular formula is C17H19ClN2O. The van der Waals surface area contributed by atoms with Crippen LogP contribution in [0.15, 0.2) is 42.5 Å². The summed E-state index contributed by atoms with van der Waals surface area (Å²) in [5, 5.41) is 0.379. The van der Waals surface area contributed by atoms with Crippen LogP contribution in [-0.2, 0) is 0 Å². The molecule has 2 rings (SSSR count). The normalized spacial score (nSPS) is 12.4. The standard InChI is InChI=1S/C17H19ClN2O/c1-11(20(2)3)12-5-4-6-13(9-12)14-7-8-16(18)15(10-14)17(19)21/h4-11H,1-3H3,(H2,19,21). The molecule has 1 amide bonds. The highest BCUT2D eigenvalue weighted by atomic mass is 35.5.